The summed E-state index contributed by atoms with van der Waals surface area (Å²) in [5, 5.41) is 5.43. The largest absolute Gasteiger partial charge is 0.383 e. The number of rotatable bonds is 4. The molecule has 0 saturated carbocycles. The normalized spacial score (nSPS) is 16.3. The third-order valence-electron chi connectivity index (χ3n) is 4.22. The number of benzene rings is 1. The third-order valence-corrected chi connectivity index (χ3v) is 4.59. The van der Waals surface area contributed by atoms with Crippen molar-refractivity contribution in [1.29, 1.82) is 0 Å². The molecule has 0 bridgehead atoms. The van der Waals surface area contributed by atoms with Crippen molar-refractivity contribution in [3.8, 4) is 0 Å². The van der Waals surface area contributed by atoms with Gasteiger partial charge in [-0.2, -0.15) is 0 Å². The van der Waals surface area contributed by atoms with E-state index in [-0.39, 0.29) is 6.04 Å². The number of aromatic amines is 1. The Labute approximate surface area is 142 Å². The van der Waals surface area contributed by atoms with E-state index in [2.05, 4.69) is 58.7 Å². The SMILES string of the molecule is COC[C@H](C)NC(=S)N1CC=C(c2c[nH]c3ccccc23)CC1. The molecule has 0 aliphatic carbocycles. The van der Waals surface area contributed by atoms with Crippen molar-refractivity contribution in [2.75, 3.05) is 26.8 Å². The molecule has 23 heavy (non-hydrogen) atoms. The van der Waals surface area contributed by atoms with Crippen LogP contribution in [-0.2, 0) is 4.74 Å². The second-order valence-corrected chi connectivity index (χ2v) is 6.37. The number of hydrogen-bond donors (Lipinski definition) is 2. The smallest absolute Gasteiger partial charge is 0.169 e. The van der Waals surface area contributed by atoms with Gasteiger partial charge in [0.25, 0.3) is 0 Å². The molecule has 5 heteroatoms. The van der Waals surface area contributed by atoms with Gasteiger partial charge in [-0.25, -0.2) is 0 Å². The van der Waals surface area contributed by atoms with Crippen LogP contribution in [-0.4, -0.2) is 47.8 Å². The van der Waals surface area contributed by atoms with Crippen molar-refractivity contribution >= 4 is 33.8 Å². The third kappa shape index (κ3) is 3.57. The van der Waals surface area contributed by atoms with Crippen molar-refractivity contribution in [3.05, 3.63) is 42.1 Å². The highest BCUT2D eigenvalue weighted by atomic mass is 32.1. The van der Waals surface area contributed by atoms with Crippen LogP contribution in [0.2, 0.25) is 0 Å². The van der Waals surface area contributed by atoms with Crippen molar-refractivity contribution in [1.82, 2.24) is 15.2 Å². The Balaban J connectivity index is 1.68. The summed E-state index contributed by atoms with van der Waals surface area (Å²) in [5.74, 6) is 0. The van der Waals surface area contributed by atoms with Crippen molar-refractivity contribution < 1.29 is 4.74 Å². The molecule has 0 fully saturated rings. The van der Waals surface area contributed by atoms with E-state index in [1.54, 1.807) is 7.11 Å². The summed E-state index contributed by atoms with van der Waals surface area (Å²) in [6.45, 7) is 4.52. The molecule has 3 rings (SSSR count). The average Bonchev–Trinajstić information content (AvgIpc) is 2.99. The van der Waals surface area contributed by atoms with Crippen LogP contribution in [0.5, 0.6) is 0 Å². The van der Waals surface area contributed by atoms with Crippen LogP contribution in [0.3, 0.4) is 0 Å². The molecule has 2 aromatic rings. The van der Waals surface area contributed by atoms with Crippen LogP contribution in [0.4, 0.5) is 0 Å². The topological polar surface area (TPSA) is 40.3 Å². The first kappa shape index (κ1) is 16.0. The molecule has 1 aromatic carbocycles. The summed E-state index contributed by atoms with van der Waals surface area (Å²) in [6, 6.07) is 8.67. The molecule has 4 nitrogen and oxygen atoms in total. The van der Waals surface area contributed by atoms with Gasteiger partial charge in [0.05, 0.1) is 6.61 Å². The molecule has 0 amide bonds. The van der Waals surface area contributed by atoms with E-state index in [0.29, 0.717) is 6.61 Å². The predicted molar refractivity (Wildman–Crippen MR) is 99.5 cm³/mol. The Morgan fingerprint density at radius 2 is 2.26 bits per heavy atom. The number of nitrogens with zero attached hydrogens (tertiary/aromatic N) is 1. The number of nitrogens with one attached hydrogen (secondary N) is 2. The van der Waals surface area contributed by atoms with Crippen LogP contribution < -0.4 is 5.32 Å². The zero-order valence-electron chi connectivity index (χ0n) is 13.6. The molecule has 2 N–H and O–H groups in total. The fourth-order valence-electron chi connectivity index (χ4n) is 3.03. The van der Waals surface area contributed by atoms with Gasteiger partial charge in [-0.05, 0) is 37.2 Å². The zero-order valence-corrected chi connectivity index (χ0v) is 14.5. The van der Waals surface area contributed by atoms with Gasteiger partial charge in [-0.3, -0.25) is 0 Å². The minimum absolute atomic E-state index is 0.228. The van der Waals surface area contributed by atoms with Crippen molar-refractivity contribution in [2.45, 2.75) is 19.4 Å². The Bertz CT molecular complexity index is 722. The standard InChI is InChI=1S/C18H23N3OS/c1-13(12-22-2)20-18(23)21-9-7-14(8-10-21)16-11-19-17-6-4-3-5-15(16)17/h3-7,11,13,19H,8-10,12H2,1-2H3,(H,20,23)/t13-/m0/s1. The molecule has 1 aliphatic heterocycles. The number of H-pyrrole nitrogens is 1. The lowest BCUT2D eigenvalue weighted by molar-refractivity contribution is 0.178. The van der Waals surface area contributed by atoms with Crippen LogP contribution in [0.15, 0.2) is 36.5 Å². The molecular weight excluding hydrogens is 306 g/mol. The average molecular weight is 329 g/mol. The van der Waals surface area contributed by atoms with E-state index in [0.717, 1.165) is 24.6 Å². The minimum atomic E-state index is 0.228. The number of thiocarbonyl (C=S) groups is 1. The summed E-state index contributed by atoms with van der Waals surface area (Å²) >= 11 is 5.50. The molecule has 2 heterocycles. The Morgan fingerprint density at radius 1 is 1.43 bits per heavy atom. The van der Waals surface area contributed by atoms with E-state index in [1.807, 2.05) is 0 Å². The second-order valence-electron chi connectivity index (χ2n) is 5.98. The maximum Gasteiger partial charge on any atom is 0.169 e. The molecule has 0 unspecified atom stereocenters. The van der Waals surface area contributed by atoms with Gasteiger partial charge in [0.1, 0.15) is 0 Å². The molecule has 0 radical (unpaired) electrons. The summed E-state index contributed by atoms with van der Waals surface area (Å²) in [7, 11) is 1.71. The van der Waals surface area contributed by atoms with Gasteiger partial charge in [0.15, 0.2) is 5.11 Å². The van der Waals surface area contributed by atoms with Crippen molar-refractivity contribution in [2.24, 2.45) is 0 Å². The fourth-order valence-corrected chi connectivity index (χ4v) is 3.40. The van der Waals surface area contributed by atoms with Gasteiger partial charge >= 0.3 is 0 Å². The van der Waals surface area contributed by atoms with Crippen LogP contribution in [0, 0.1) is 0 Å². The Hall–Kier alpha value is -1.85. The lowest BCUT2D eigenvalue weighted by atomic mass is 9.99. The number of aromatic nitrogens is 1. The monoisotopic (exact) mass is 329 g/mol. The highest BCUT2D eigenvalue weighted by molar-refractivity contribution is 7.80. The fraction of sp³-hybridized carbons (Fsp3) is 0.389. The minimum Gasteiger partial charge on any atom is -0.383 e. The van der Waals surface area contributed by atoms with E-state index in [9.17, 15) is 0 Å². The van der Waals surface area contributed by atoms with Gasteiger partial charge in [-0.1, -0.05) is 24.3 Å². The number of methoxy groups -OCH3 is 1. The highest BCUT2D eigenvalue weighted by Crippen LogP contribution is 2.29. The molecule has 1 aliphatic rings. The highest BCUT2D eigenvalue weighted by Gasteiger charge is 2.18. The maximum absolute atomic E-state index is 5.50. The lowest BCUT2D eigenvalue weighted by Gasteiger charge is -2.30. The molecule has 0 saturated heterocycles. The summed E-state index contributed by atoms with van der Waals surface area (Å²) in [6.07, 6.45) is 5.40. The van der Waals surface area contributed by atoms with Crippen molar-refractivity contribution in [3.63, 3.8) is 0 Å². The lowest BCUT2D eigenvalue weighted by Crippen LogP contribution is -2.46. The Morgan fingerprint density at radius 3 is 3.00 bits per heavy atom. The molecule has 0 spiro atoms. The second kappa shape index (κ2) is 7.15. The molecular formula is C18H23N3OS. The van der Waals surface area contributed by atoms with E-state index >= 15 is 0 Å². The first-order chi connectivity index (χ1) is 11.2. The summed E-state index contributed by atoms with van der Waals surface area (Å²) in [5.41, 5.74) is 3.90. The molecule has 1 aromatic heterocycles. The maximum atomic E-state index is 5.50. The molecule has 1 atom stereocenters. The first-order valence-corrected chi connectivity index (χ1v) is 8.39. The molecule has 122 valence electrons. The number of ether oxygens (including phenoxy) is 1. The van der Waals surface area contributed by atoms with Crippen LogP contribution in [0.1, 0.15) is 18.9 Å². The van der Waals surface area contributed by atoms with Crippen LogP contribution in [0.25, 0.3) is 16.5 Å². The number of fused-ring (bicyclic) bond motifs is 1. The first-order valence-electron chi connectivity index (χ1n) is 7.99. The van der Waals surface area contributed by atoms with E-state index in [1.165, 1.54) is 22.0 Å². The van der Waals surface area contributed by atoms with Gasteiger partial charge in [-0.15, -0.1) is 0 Å². The van der Waals surface area contributed by atoms with Crippen LogP contribution >= 0.6 is 12.2 Å². The predicted octanol–water partition coefficient (Wildman–Crippen LogP) is 3.17. The quantitative estimate of drug-likeness (QED) is 0.846. The van der Waals surface area contributed by atoms with E-state index < -0.39 is 0 Å². The number of hydrogen-bond acceptors (Lipinski definition) is 2. The summed E-state index contributed by atoms with van der Waals surface area (Å²) in [4.78, 5) is 5.56. The summed E-state index contributed by atoms with van der Waals surface area (Å²) < 4.78 is 5.14. The number of para-hydroxylation sites is 1. The zero-order chi connectivity index (χ0) is 16.2. The van der Waals surface area contributed by atoms with Gasteiger partial charge in [0, 0.05) is 48.9 Å². The van der Waals surface area contributed by atoms with E-state index in [4.69, 9.17) is 17.0 Å². The Kier molecular flexibility index (Phi) is 4.98. The van der Waals surface area contributed by atoms with Gasteiger partial charge in [0.2, 0.25) is 0 Å². The van der Waals surface area contributed by atoms with Gasteiger partial charge < -0.3 is 19.9 Å².